The number of hydrogen-bond acceptors (Lipinski definition) is 8. The van der Waals surface area contributed by atoms with Crippen LogP contribution < -0.4 is 19.3 Å². The monoisotopic (exact) mass is 564 g/mol. The molecule has 0 spiro atoms. The van der Waals surface area contributed by atoms with Crippen molar-refractivity contribution in [3.8, 4) is 11.5 Å². The molecule has 0 saturated carbocycles. The average Bonchev–Trinajstić information content (AvgIpc) is 2.87. The molecule has 2 bridgehead atoms. The summed E-state index contributed by atoms with van der Waals surface area (Å²) in [5, 5.41) is 0. The predicted molar refractivity (Wildman–Crippen MR) is 144 cm³/mol. The van der Waals surface area contributed by atoms with Crippen LogP contribution in [0.5, 0.6) is 11.5 Å². The van der Waals surface area contributed by atoms with E-state index in [1.54, 1.807) is 0 Å². The SMILES string of the molecule is Cc1ccc2c(c1)OCCOc1cc(Br)ccc1N1CCOCCOCCN2CCOCCOCC1. The summed E-state index contributed by atoms with van der Waals surface area (Å²) in [6.45, 7) is 10.4. The van der Waals surface area contributed by atoms with E-state index in [0.29, 0.717) is 66.1 Å². The second kappa shape index (κ2) is 14.6. The molecule has 3 aliphatic heterocycles. The molecule has 0 radical (unpaired) electrons. The minimum Gasteiger partial charge on any atom is -0.488 e. The van der Waals surface area contributed by atoms with Gasteiger partial charge in [0.2, 0.25) is 0 Å². The van der Waals surface area contributed by atoms with Crippen molar-refractivity contribution < 1.29 is 28.4 Å². The van der Waals surface area contributed by atoms with E-state index in [1.165, 1.54) is 0 Å². The smallest absolute Gasteiger partial charge is 0.143 e. The van der Waals surface area contributed by atoms with E-state index in [0.717, 1.165) is 59.1 Å². The fourth-order valence-corrected chi connectivity index (χ4v) is 4.55. The zero-order valence-electron chi connectivity index (χ0n) is 21.1. The molecular formula is C27H37BrN2O6. The van der Waals surface area contributed by atoms with Gasteiger partial charge in [-0.15, -0.1) is 0 Å². The first-order chi connectivity index (χ1) is 17.7. The molecule has 0 aliphatic carbocycles. The molecule has 2 aromatic carbocycles. The number of halogens is 1. The van der Waals surface area contributed by atoms with Crippen molar-refractivity contribution in [3.05, 3.63) is 46.4 Å². The van der Waals surface area contributed by atoms with Crippen LogP contribution in [0.3, 0.4) is 0 Å². The molecule has 3 aliphatic rings. The normalized spacial score (nSPS) is 19.4. The van der Waals surface area contributed by atoms with Crippen molar-refractivity contribution >= 4 is 27.3 Å². The Morgan fingerprint density at radius 3 is 1.50 bits per heavy atom. The van der Waals surface area contributed by atoms with Crippen LogP contribution >= 0.6 is 15.9 Å². The highest BCUT2D eigenvalue weighted by Gasteiger charge is 2.16. The third-order valence-electron chi connectivity index (χ3n) is 6.08. The van der Waals surface area contributed by atoms with Crippen LogP contribution in [0, 0.1) is 6.92 Å². The molecule has 1 fully saturated rings. The number of aryl methyl sites for hydroxylation is 1. The number of rotatable bonds is 0. The molecule has 9 heteroatoms. The Balaban J connectivity index is 1.63. The quantitative estimate of drug-likeness (QED) is 0.477. The molecule has 0 unspecified atom stereocenters. The second-order valence-electron chi connectivity index (χ2n) is 8.70. The first-order valence-corrected chi connectivity index (χ1v) is 13.5. The molecule has 198 valence electrons. The number of ether oxygens (including phenoxy) is 6. The largest absolute Gasteiger partial charge is 0.488 e. The van der Waals surface area contributed by atoms with E-state index in [9.17, 15) is 0 Å². The highest BCUT2D eigenvalue weighted by atomic mass is 79.9. The number of hydrogen-bond donors (Lipinski definition) is 0. The van der Waals surface area contributed by atoms with Gasteiger partial charge in [-0.1, -0.05) is 22.0 Å². The summed E-state index contributed by atoms with van der Waals surface area (Å²) in [6, 6.07) is 12.4. The molecule has 0 amide bonds. The highest BCUT2D eigenvalue weighted by Crippen LogP contribution is 2.33. The lowest BCUT2D eigenvalue weighted by Gasteiger charge is -2.29. The summed E-state index contributed by atoms with van der Waals surface area (Å²) in [4.78, 5) is 4.50. The van der Waals surface area contributed by atoms with Crippen molar-refractivity contribution in [3.63, 3.8) is 0 Å². The molecule has 1 saturated heterocycles. The third kappa shape index (κ3) is 8.24. The van der Waals surface area contributed by atoms with E-state index in [2.05, 4.69) is 56.9 Å². The summed E-state index contributed by atoms with van der Waals surface area (Å²) in [5.74, 6) is 1.64. The minimum atomic E-state index is 0.421. The Bertz CT molecular complexity index is 851. The summed E-state index contributed by atoms with van der Waals surface area (Å²) >= 11 is 3.59. The van der Waals surface area contributed by atoms with Gasteiger partial charge in [0.25, 0.3) is 0 Å². The van der Waals surface area contributed by atoms with Gasteiger partial charge in [-0.25, -0.2) is 0 Å². The van der Waals surface area contributed by atoms with E-state index in [4.69, 9.17) is 28.4 Å². The predicted octanol–water partition coefficient (Wildman–Crippen LogP) is 3.92. The molecule has 36 heavy (non-hydrogen) atoms. The van der Waals surface area contributed by atoms with Crippen LogP contribution in [0.25, 0.3) is 0 Å². The summed E-state index contributed by atoms with van der Waals surface area (Å²) in [6.07, 6.45) is 0. The van der Waals surface area contributed by atoms with Crippen molar-refractivity contribution in [2.45, 2.75) is 6.92 Å². The Hall–Kier alpha value is -2.04. The molecule has 0 N–H and O–H groups in total. The lowest BCUT2D eigenvalue weighted by atomic mass is 10.2. The van der Waals surface area contributed by atoms with E-state index < -0.39 is 0 Å². The van der Waals surface area contributed by atoms with Crippen molar-refractivity contribution in [1.29, 1.82) is 0 Å². The first-order valence-electron chi connectivity index (χ1n) is 12.7. The van der Waals surface area contributed by atoms with Crippen LogP contribution in [-0.4, -0.2) is 92.2 Å². The molecule has 5 rings (SSSR count). The molecule has 0 aromatic heterocycles. The Labute approximate surface area is 222 Å². The van der Waals surface area contributed by atoms with Gasteiger partial charge in [0.15, 0.2) is 0 Å². The summed E-state index contributed by atoms with van der Waals surface area (Å²) < 4.78 is 37.1. The molecule has 0 atom stereocenters. The molecule has 8 nitrogen and oxygen atoms in total. The van der Waals surface area contributed by atoms with Crippen molar-refractivity contribution in [2.75, 3.05) is 102 Å². The first kappa shape index (κ1) is 27.0. The second-order valence-corrected chi connectivity index (χ2v) is 9.62. The standard InChI is InChI=1S/C27H37BrN2O6/c1-22-2-4-24-26(20-22)35-18-19-36-27-21-23(28)3-5-25(27)30-8-12-33-16-14-31-10-6-29(24)7-11-32-15-17-34-13-9-30/h2-5,20-21H,6-19H2,1H3. The van der Waals surface area contributed by atoms with Gasteiger partial charge in [-0.2, -0.15) is 0 Å². The minimum absolute atomic E-state index is 0.421. The third-order valence-corrected chi connectivity index (χ3v) is 6.58. The topological polar surface area (TPSA) is 61.9 Å². The molecule has 3 heterocycles. The van der Waals surface area contributed by atoms with E-state index in [-0.39, 0.29) is 0 Å². The van der Waals surface area contributed by atoms with Crippen LogP contribution in [0.1, 0.15) is 5.56 Å². The summed E-state index contributed by atoms with van der Waals surface area (Å²) in [7, 11) is 0. The van der Waals surface area contributed by atoms with Crippen molar-refractivity contribution in [2.24, 2.45) is 0 Å². The zero-order valence-corrected chi connectivity index (χ0v) is 22.7. The maximum Gasteiger partial charge on any atom is 0.143 e. The van der Waals surface area contributed by atoms with Gasteiger partial charge in [0, 0.05) is 30.7 Å². The van der Waals surface area contributed by atoms with Crippen molar-refractivity contribution in [1.82, 2.24) is 0 Å². The van der Waals surface area contributed by atoms with Crippen LogP contribution in [0.2, 0.25) is 0 Å². The maximum atomic E-state index is 6.27. The van der Waals surface area contributed by atoms with Gasteiger partial charge in [-0.3, -0.25) is 0 Å². The lowest BCUT2D eigenvalue weighted by Crippen LogP contribution is -2.34. The van der Waals surface area contributed by atoms with Gasteiger partial charge in [0.05, 0.1) is 64.2 Å². The van der Waals surface area contributed by atoms with Gasteiger partial charge in [-0.05, 0) is 42.8 Å². The highest BCUT2D eigenvalue weighted by molar-refractivity contribution is 9.10. The zero-order chi connectivity index (χ0) is 25.0. The average molecular weight is 566 g/mol. The van der Waals surface area contributed by atoms with Gasteiger partial charge in [0.1, 0.15) is 24.7 Å². The number of fused-ring (bicyclic) bond motifs is 17. The number of benzene rings is 2. The van der Waals surface area contributed by atoms with Gasteiger partial charge >= 0.3 is 0 Å². The summed E-state index contributed by atoms with van der Waals surface area (Å²) in [5.41, 5.74) is 3.17. The fraction of sp³-hybridized carbons (Fsp3) is 0.556. The van der Waals surface area contributed by atoms with E-state index >= 15 is 0 Å². The van der Waals surface area contributed by atoms with Gasteiger partial charge < -0.3 is 38.2 Å². The Morgan fingerprint density at radius 2 is 1.00 bits per heavy atom. The molecule has 2 aromatic rings. The van der Waals surface area contributed by atoms with Crippen LogP contribution in [0.15, 0.2) is 40.9 Å². The lowest BCUT2D eigenvalue weighted by molar-refractivity contribution is 0.0434. The Morgan fingerprint density at radius 1 is 0.556 bits per heavy atom. The number of nitrogens with zero attached hydrogens (tertiary/aromatic N) is 2. The van der Waals surface area contributed by atoms with Crippen LogP contribution in [-0.2, 0) is 18.9 Å². The maximum absolute atomic E-state index is 6.27. The van der Waals surface area contributed by atoms with Crippen LogP contribution in [0.4, 0.5) is 11.4 Å². The fourth-order valence-electron chi connectivity index (χ4n) is 4.21. The number of anilines is 2. The molecular weight excluding hydrogens is 528 g/mol. The Kier molecular flexibility index (Phi) is 11.0. The van der Waals surface area contributed by atoms with E-state index in [1.807, 2.05) is 12.1 Å².